The molecule has 0 aromatic heterocycles. The van der Waals surface area contributed by atoms with E-state index in [1.54, 1.807) is 0 Å². The van der Waals surface area contributed by atoms with Crippen molar-refractivity contribution in [1.82, 2.24) is 4.90 Å². The average molecular weight is 342 g/mol. The number of halogens is 1. The Kier molecular flexibility index (Phi) is 7.15. The Bertz CT molecular complexity index is 499. The minimum Gasteiger partial charge on any atom is -0.491 e. The van der Waals surface area contributed by atoms with Gasteiger partial charge in [0.2, 0.25) is 0 Å². The maximum Gasteiger partial charge on any atom is 0.122 e. The minimum absolute atomic E-state index is 0.304. The summed E-state index contributed by atoms with van der Waals surface area (Å²) < 4.78 is 17.2. The molecule has 1 aromatic rings. The fourth-order valence-corrected chi connectivity index (χ4v) is 3.10. The van der Waals surface area contributed by atoms with Gasteiger partial charge in [-0.25, -0.2) is 0 Å². The molecule has 1 aliphatic rings. The van der Waals surface area contributed by atoms with Crippen LogP contribution in [0.2, 0.25) is 5.02 Å². The van der Waals surface area contributed by atoms with Crippen molar-refractivity contribution in [3.8, 4) is 5.75 Å². The molecule has 0 saturated carbocycles. The second-order valence-corrected chi connectivity index (χ2v) is 6.68. The third kappa shape index (κ3) is 5.64. The van der Waals surface area contributed by atoms with Crippen molar-refractivity contribution in [2.24, 2.45) is 0 Å². The van der Waals surface area contributed by atoms with Crippen LogP contribution in [0.25, 0.3) is 0 Å². The Morgan fingerprint density at radius 2 is 1.78 bits per heavy atom. The third-order valence-electron chi connectivity index (χ3n) is 4.20. The number of benzene rings is 1. The number of hydrogen-bond acceptors (Lipinski definition) is 4. The average Bonchev–Trinajstić information content (AvgIpc) is 2.49. The SMILES string of the molecule is Cc1c(Cl)ccc(OCCOCCN2CC(C)OC(C)C2)c1C. The van der Waals surface area contributed by atoms with Crippen LogP contribution in [0.4, 0.5) is 0 Å². The molecule has 1 aromatic carbocycles. The van der Waals surface area contributed by atoms with Gasteiger partial charge >= 0.3 is 0 Å². The lowest BCUT2D eigenvalue weighted by atomic mass is 10.1. The molecular formula is C18H28ClNO3. The Labute approximate surface area is 144 Å². The zero-order valence-corrected chi connectivity index (χ0v) is 15.4. The molecule has 1 fully saturated rings. The van der Waals surface area contributed by atoms with Gasteiger partial charge in [-0.3, -0.25) is 4.90 Å². The molecule has 4 nitrogen and oxygen atoms in total. The maximum atomic E-state index is 6.09. The van der Waals surface area contributed by atoms with Gasteiger partial charge in [0, 0.05) is 24.7 Å². The van der Waals surface area contributed by atoms with Crippen LogP contribution in [-0.2, 0) is 9.47 Å². The molecule has 5 heteroatoms. The van der Waals surface area contributed by atoms with Gasteiger partial charge < -0.3 is 14.2 Å². The molecule has 0 bridgehead atoms. The normalized spacial score (nSPS) is 22.3. The Morgan fingerprint density at radius 3 is 2.48 bits per heavy atom. The van der Waals surface area contributed by atoms with Crippen LogP contribution in [0.3, 0.4) is 0 Å². The molecule has 2 rings (SSSR count). The van der Waals surface area contributed by atoms with Crippen molar-refractivity contribution in [3.63, 3.8) is 0 Å². The molecule has 1 aliphatic heterocycles. The Hall–Kier alpha value is -0.810. The van der Waals surface area contributed by atoms with Gasteiger partial charge in [0.25, 0.3) is 0 Å². The summed E-state index contributed by atoms with van der Waals surface area (Å²) in [5.41, 5.74) is 2.16. The third-order valence-corrected chi connectivity index (χ3v) is 4.61. The summed E-state index contributed by atoms with van der Waals surface area (Å²) in [5.74, 6) is 0.881. The highest BCUT2D eigenvalue weighted by Gasteiger charge is 2.21. The second-order valence-electron chi connectivity index (χ2n) is 6.27. The van der Waals surface area contributed by atoms with Gasteiger partial charge in [-0.2, -0.15) is 0 Å². The maximum absolute atomic E-state index is 6.09. The van der Waals surface area contributed by atoms with Crippen LogP contribution >= 0.6 is 11.6 Å². The predicted octanol–water partition coefficient (Wildman–Crippen LogP) is 3.46. The quantitative estimate of drug-likeness (QED) is 0.711. The number of rotatable bonds is 7. The van der Waals surface area contributed by atoms with Gasteiger partial charge in [0.15, 0.2) is 0 Å². The van der Waals surface area contributed by atoms with Crippen molar-refractivity contribution in [2.75, 3.05) is 39.5 Å². The van der Waals surface area contributed by atoms with Crippen LogP contribution in [0.15, 0.2) is 12.1 Å². The van der Waals surface area contributed by atoms with Gasteiger partial charge in [0.05, 0.1) is 25.4 Å². The van der Waals surface area contributed by atoms with Crippen LogP contribution in [0.1, 0.15) is 25.0 Å². The lowest BCUT2D eigenvalue weighted by Crippen LogP contribution is -2.46. The van der Waals surface area contributed by atoms with Crippen molar-refractivity contribution in [1.29, 1.82) is 0 Å². The fraction of sp³-hybridized carbons (Fsp3) is 0.667. The molecule has 1 heterocycles. The lowest BCUT2D eigenvalue weighted by molar-refractivity contribution is -0.0734. The van der Waals surface area contributed by atoms with Gasteiger partial charge in [-0.15, -0.1) is 0 Å². The summed E-state index contributed by atoms with van der Waals surface area (Å²) in [6.45, 7) is 13.0. The van der Waals surface area contributed by atoms with E-state index in [1.807, 2.05) is 26.0 Å². The van der Waals surface area contributed by atoms with Crippen LogP contribution in [0, 0.1) is 13.8 Å². The van der Waals surface area contributed by atoms with E-state index in [1.165, 1.54) is 0 Å². The number of morpholine rings is 1. The molecule has 0 N–H and O–H groups in total. The predicted molar refractivity (Wildman–Crippen MR) is 93.7 cm³/mol. The summed E-state index contributed by atoms with van der Waals surface area (Å²) in [6, 6.07) is 3.79. The van der Waals surface area contributed by atoms with Crippen LogP contribution in [-0.4, -0.2) is 56.6 Å². The zero-order chi connectivity index (χ0) is 16.8. The molecule has 0 spiro atoms. The van der Waals surface area contributed by atoms with E-state index in [-0.39, 0.29) is 0 Å². The van der Waals surface area contributed by atoms with Crippen molar-refractivity contribution in [3.05, 3.63) is 28.3 Å². The molecule has 2 atom stereocenters. The van der Waals surface area contributed by atoms with Crippen molar-refractivity contribution in [2.45, 2.75) is 39.9 Å². The first-order chi connectivity index (χ1) is 11.0. The van der Waals surface area contributed by atoms with E-state index in [4.69, 9.17) is 25.8 Å². The minimum atomic E-state index is 0.304. The standard InChI is InChI=1S/C18H28ClNO3/c1-13-11-20(12-14(2)23-13)7-8-21-9-10-22-18-6-5-17(19)15(3)16(18)4/h5-6,13-14H,7-12H2,1-4H3. The highest BCUT2D eigenvalue weighted by Crippen LogP contribution is 2.27. The van der Waals surface area contributed by atoms with E-state index >= 15 is 0 Å². The number of hydrogen-bond donors (Lipinski definition) is 0. The van der Waals surface area contributed by atoms with Gasteiger partial charge in [-0.1, -0.05) is 11.6 Å². The summed E-state index contributed by atoms with van der Waals surface area (Å²) in [4.78, 5) is 2.40. The summed E-state index contributed by atoms with van der Waals surface area (Å²) in [5, 5.41) is 0.778. The molecule has 0 radical (unpaired) electrons. The van der Waals surface area contributed by atoms with Crippen LogP contribution < -0.4 is 4.74 Å². The highest BCUT2D eigenvalue weighted by atomic mass is 35.5. The van der Waals surface area contributed by atoms with Gasteiger partial charge in [0.1, 0.15) is 12.4 Å². The van der Waals surface area contributed by atoms with E-state index in [0.717, 1.165) is 48.1 Å². The largest absolute Gasteiger partial charge is 0.491 e. The topological polar surface area (TPSA) is 30.9 Å². The highest BCUT2D eigenvalue weighted by molar-refractivity contribution is 6.31. The van der Waals surface area contributed by atoms with E-state index in [0.29, 0.717) is 25.4 Å². The molecular weight excluding hydrogens is 314 g/mol. The number of ether oxygens (including phenoxy) is 3. The first-order valence-electron chi connectivity index (χ1n) is 8.31. The second kappa shape index (κ2) is 8.88. The Morgan fingerprint density at radius 1 is 1.09 bits per heavy atom. The fourth-order valence-electron chi connectivity index (χ4n) is 2.89. The van der Waals surface area contributed by atoms with E-state index < -0.39 is 0 Å². The Balaban J connectivity index is 1.62. The molecule has 0 amide bonds. The monoisotopic (exact) mass is 341 g/mol. The molecule has 0 aliphatic carbocycles. The summed E-state index contributed by atoms with van der Waals surface area (Å²) >= 11 is 6.09. The first-order valence-corrected chi connectivity index (χ1v) is 8.69. The van der Waals surface area contributed by atoms with Crippen LogP contribution in [0.5, 0.6) is 5.75 Å². The summed E-state index contributed by atoms with van der Waals surface area (Å²) in [7, 11) is 0. The van der Waals surface area contributed by atoms with Crippen molar-refractivity contribution >= 4 is 11.6 Å². The molecule has 130 valence electrons. The lowest BCUT2D eigenvalue weighted by Gasteiger charge is -2.35. The van der Waals surface area contributed by atoms with E-state index in [2.05, 4.69) is 18.7 Å². The van der Waals surface area contributed by atoms with Crippen molar-refractivity contribution < 1.29 is 14.2 Å². The molecule has 2 unspecified atom stereocenters. The summed E-state index contributed by atoms with van der Waals surface area (Å²) in [6.07, 6.45) is 0.608. The first kappa shape index (κ1) is 18.5. The van der Waals surface area contributed by atoms with E-state index in [9.17, 15) is 0 Å². The molecule has 1 saturated heterocycles. The number of nitrogens with zero attached hydrogens (tertiary/aromatic N) is 1. The molecule has 23 heavy (non-hydrogen) atoms. The zero-order valence-electron chi connectivity index (χ0n) is 14.6. The van der Waals surface area contributed by atoms with Gasteiger partial charge in [-0.05, 0) is 51.0 Å². The smallest absolute Gasteiger partial charge is 0.122 e.